The van der Waals surface area contributed by atoms with Gasteiger partial charge in [0.25, 0.3) is 0 Å². The van der Waals surface area contributed by atoms with Gasteiger partial charge in [0.15, 0.2) is 5.78 Å². The highest BCUT2D eigenvalue weighted by molar-refractivity contribution is 6.37. The number of ketones is 1. The lowest BCUT2D eigenvalue weighted by atomic mass is 9.88. The third kappa shape index (κ3) is 4.75. The Hall–Kier alpha value is -2.21. The SMILES string of the molecule is COc1cc(O)c(C(=O)C=Cc2c(Cl)ccc(C3CCN(C)CC3)c2Cl)c(OC)c1. The summed E-state index contributed by atoms with van der Waals surface area (Å²) in [5, 5.41) is 11.3. The maximum atomic E-state index is 12.8. The molecule has 7 heteroatoms. The molecule has 0 bridgehead atoms. The van der Waals surface area contributed by atoms with E-state index in [1.807, 2.05) is 12.1 Å². The summed E-state index contributed by atoms with van der Waals surface area (Å²) in [7, 11) is 5.01. The molecule has 0 aliphatic carbocycles. The van der Waals surface area contributed by atoms with Crippen molar-refractivity contribution in [3.63, 3.8) is 0 Å². The first-order valence-corrected chi connectivity index (χ1v) is 10.4. The van der Waals surface area contributed by atoms with Gasteiger partial charge in [-0.25, -0.2) is 0 Å². The number of carbonyl (C=O) groups is 1. The van der Waals surface area contributed by atoms with Crippen molar-refractivity contribution in [2.24, 2.45) is 0 Å². The number of ether oxygens (including phenoxy) is 2. The van der Waals surface area contributed by atoms with E-state index in [0.717, 1.165) is 31.5 Å². The molecule has 0 radical (unpaired) electrons. The van der Waals surface area contributed by atoms with Gasteiger partial charge in [0.1, 0.15) is 22.8 Å². The molecular formula is C23H25Cl2NO4. The Kier molecular flexibility index (Phi) is 7.29. The van der Waals surface area contributed by atoms with E-state index in [-0.39, 0.29) is 17.1 Å². The number of rotatable bonds is 6. The molecular weight excluding hydrogens is 425 g/mol. The normalized spacial score (nSPS) is 15.5. The third-order valence-electron chi connectivity index (χ3n) is 5.47. The maximum Gasteiger partial charge on any atom is 0.193 e. The zero-order valence-corrected chi connectivity index (χ0v) is 18.8. The summed E-state index contributed by atoms with van der Waals surface area (Å²) < 4.78 is 10.3. The van der Waals surface area contributed by atoms with Crippen LogP contribution < -0.4 is 9.47 Å². The molecule has 0 saturated carbocycles. The minimum Gasteiger partial charge on any atom is -0.507 e. The standard InChI is InChI=1S/C23H25Cl2NO4/c1-26-10-8-14(9-11-26)16-4-6-18(24)17(23(16)25)5-7-19(27)22-20(28)12-15(29-2)13-21(22)30-3/h4-7,12-14,28H,8-11H2,1-3H3. The number of methoxy groups -OCH3 is 2. The summed E-state index contributed by atoms with van der Waals surface area (Å²) in [4.78, 5) is 15.1. The van der Waals surface area contributed by atoms with Crippen LogP contribution in [0.4, 0.5) is 0 Å². The van der Waals surface area contributed by atoms with E-state index in [4.69, 9.17) is 32.7 Å². The summed E-state index contributed by atoms with van der Waals surface area (Å²) >= 11 is 13.1. The monoisotopic (exact) mass is 449 g/mol. The Balaban J connectivity index is 1.91. The molecule has 1 fully saturated rings. The minimum absolute atomic E-state index is 0.0493. The zero-order valence-electron chi connectivity index (χ0n) is 17.2. The van der Waals surface area contributed by atoms with Crippen LogP contribution in [0.5, 0.6) is 17.2 Å². The topological polar surface area (TPSA) is 59.0 Å². The number of phenols is 1. The van der Waals surface area contributed by atoms with Gasteiger partial charge in [0.05, 0.1) is 19.2 Å². The second-order valence-electron chi connectivity index (χ2n) is 7.36. The number of hydrogen-bond acceptors (Lipinski definition) is 5. The highest BCUT2D eigenvalue weighted by Crippen LogP contribution is 2.38. The van der Waals surface area contributed by atoms with Crippen LogP contribution in [0.1, 0.15) is 40.2 Å². The van der Waals surface area contributed by atoms with Crippen molar-refractivity contribution in [2.45, 2.75) is 18.8 Å². The first-order chi connectivity index (χ1) is 14.3. The van der Waals surface area contributed by atoms with Crippen molar-refractivity contribution in [2.75, 3.05) is 34.4 Å². The third-order valence-corrected chi connectivity index (χ3v) is 6.22. The zero-order chi connectivity index (χ0) is 21.8. The summed E-state index contributed by atoms with van der Waals surface area (Å²) in [5.41, 5.74) is 1.69. The van der Waals surface area contributed by atoms with Gasteiger partial charge in [0, 0.05) is 22.7 Å². The van der Waals surface area contributed by atoms with Crippen LogP contribution >= 0.6 is 23.2 Å². The fraction of sp³-hybridized carbons (Fsp3) is 0.348. The van der Waals surface area contributed by atoms with Crippen LogP contribution in [-0.2, 0) is 0 Å². The Morgan fingerprint density at radius 3 is 2.50 bits per heavy atom. The largest absolute Gasteiger partial charge is 0.507 e. The van der Waals surface area contributed by atoms with Gasteiger partial charge < -0.3 is 19.5 Å². The van der Waals surface area contributed by atoms with Gasteiger partial charge in [-0.2, -0.15) is 0 Å². The predicted molar refractivity (Wildman–Crippen MR) is 121 cm³/mol. The summed E-state index contributed by atoms with van der Waals surface area (Å²) in [6.45, 7) is 2.04. The molecule has 2 aromatic rings. The first-order valence-electron chi connectivity index (χ1n) is 9.69. The van der Waals surface area contributed by atoms with Gasteiger partial charge in [-0.3, -0.25) is 4.79 Å². The lowest BCUT2D eigenvalue weighted by Crippen LogP contribution is -2.29. The molecule has 0 spiro atoms. The number of halogens is 2. The average Bonchev–Trinajstić information content (AvgIpc) is 2.73. The van der Waals surface area contributed by atoms with E-state index in [9.17, 15) is 9.90 Å². The number of hydrogen-bond donors (Lipinski definition) is 1. The number of aromatic hydroxyl groups is 1. The molecule has 1 heterocycles. The van der Waals surface area contributed by atoms with E-state index in [0.29, 0.717) is 27.3 Å². The lowest BCUT2D eigenvalue weighted by molar-refractivity contribution is 0.104. The summed E-state index contributed by atoms with van der Waals surface area (Å²) in [6.07, 6.45) is 4.98. The van der Waals surface area contributed by atoms with E-state index >= 15 is 0 Å². The van der Waals surface area contributed by atoms with Crippen molar-refractivity contribution in [1.29, 1.82) is 0 Å². The van der Waals surface area contributed by atoms with Crippen molar-refractivity contribution >= 4 is 35.1 Å². The van der Waals surface area contributed by atoms with Crippen LogP contribution in [0.25, 0.3) is 6.08 Å². The molecule has 1 saturated heterocycles. The van der Waals surface area contributed by atoms with Gasteiger partial charge in [-0.15, -0.1) is 0 Å². The number of likely N-dealkylation sites (tertiary alicyclic amines) is 1. The van der Waals surface area contributed by atoms with E-state index in [2.05, 4.69) is 11.9 Å². The quantitative estimate of drug-likeness (QED) is 0.471. The molecule has 0 aromatic heterocycles. The molecule has 1 aliphatic rings. The lowest BCUT2D eigenvalue weighted by Gasteiger charge is -2.30. The van der Waals surface area contributed by atoms with Crippen molar-refractivity contribution < 1.29 is 19.4 Å². The maximum absolute atomic E-state index is 12.8. The predicted octanol–water partition coefficient (Wildman–Crippen LogP) is 5.42. The molecule has 160 valence electrons. The molecule has 30 heavy (non-hydrogen) atoms. The van der Waals surface area contributed by atoms with Gasteiger partial charge >= 0.3 is 0 Å². The molecule has 1 aliphatic heterocycles. The number of carbonyl (C=O) groups excluding carboxylic acids is 1. The number of benzene rings is 2. The number of piperidine rings is 1. The Bertz CT molecular complexity index is 966. The second-order valence-corrected chi connectivity index (χ2v) is 8.15. The number of nitrogens with zero attached hydrogens (tertiary/aromatic N) is 1. The van der Waals surface area contributed by atoms with E-state index < -0.39 is 5.78 Å². The summed E-state index contributed by atoms with van der Waals surface area (Å²) in [6, 6.07) is 6.69. The highest BCUT2D eigenvalue weighted by atomic mass is 35.5. The van der Waals surface area contributed by atoms with Crippen LogP contribution in [0.3, 0.4) is 0 Å². The van der Waals surface area contributed by atoms with Crippen LogP contribution in [0.2, 0.25) is 10.0 Å². The smallest absolute Gasteiger partial charge is 0.193 e. The van der Waals surface area contributed by atoms with Gasteiger partial charge in [0.2, 0.25) is 0 Å². The molecule has 5 nitrogen and oxygen atoms in total. The average molecular weight is 450 g/mol. The first kappa shape index (κ1) is 22.5. The van der Waals surface area contributed by atoms with Crippen LogP contribution in [0, 0.1) is 0 Å². The van der Waals surface area contributed by atoms with Crippen molar-refractivity contribution in [1.82, 2.24) is 4.90 Å². The van der Waals surface area contributed by atoms with Crippen molar-refractivity contribution in [3.8, 4) is 17.2 Å². The van der Waals surface area contributed by atoms with Crippen molar-refractivity contribution in [3.05, 3.63) is 57.1 Å². The highest BCUT2D eigenvalue weighted by Gasteiger charge is 2.23. The summed E-state index contributed by atoms with van der Waals surface area (Å²) in [5.74, 6) is 0.321. The van der Waals surface area contributed by atoms with E-state index in [1.165, 1.54) is 26.4 Å². The number of phenolic OH excluding ortho intramolecular Hbond substituents is 1. The van der Waals surface area contributed by atoms with E-state index in [1.54, 1.807) is 12.1 Å². The number of allylic oxidation sites excluding steroid dienone is 1. The molecule has 0 unspecified atom stereocenters. The minimum atomic E-state index is -0.427. The molecule has 2 aromatic carbocycles. The molecule has 0 amide bonds. The Morgan fingerprint density at radius 1 is 1.17 bits per heavy atom. The van der Waals surface area contributed by atoms with Crippen LogP contribution in [-0.4, -0.2) is 50.1 Å². The Labute approximate surface area is 186 Å². The molecule has 3 rings (SSSR count). The fourth-order valence-corrected chi connectivity index (χ4v) is 4.37. The Morgan fingerprint density at radius 2 is 1.87 bits per heavy atom. The van der Waals surface area contributed by atoms with Crippen LogP contribution in [0.15, 0.2) is 30.3 Å². The second kappa shape index (κ2) is 9.73. The fourth-order valence-electron chi connectivity index (χ4n) is 3.72. The van der Waals surface area contributed by atoms with Gasteiger partial charge in [-0.1, -0.05) is 29.3 Å². The molecule has 1 N–H and O–H groups in total. The van der Waals surface area contributed by atoms with Gasteiger partial charge in [-0.05, 0) is 62.7 Å². The molecule has 0 atom stereocenters.